The topological polar surface area (TPSA) is 99.4 Å². The van der Waals surface area contributed by atoms with Crippen LogP contribution in [0.15, 0.2) is 24.8 Å². The van der Waals surface area contributed by atoms with E-state index in [2.05, 4.69) is 15.0 Å². The molecule has 6 nitrogen and oxygen atoms in total. The molecule has 0 fully saturated rings. The highest BCUT2D eigenvalue weighted by atomic mass is 16.3. The summed E-state index contributed by atoms with van der Waals surface area (Å²) in [7, 11) is 0. The quantitative estimate of drug-likeness (QED) is 0.591. The van der Waals surface area contributed by atoms with Gasteiger partial charge in [-0.3, -0.25) is 0 Å². The minimum atomic E-state index is -0.590. The normalized spacial score (nSPS) is 10.1. The van der Waals surface area contributed by atoms with E-state index in [1.165, 1.54) is 24.8 Å². The van der Waals surface area contributed by atoms with Crippen LogP contribution in [0.1, 0.15) is 0 Å². The molecule has 0 unspecified atom stereocenters. The van der Waals surface area contributed by atoms with E-state index in [-0.39, 0.29) is 11.4 Å². The highest BCUT2D eigenvalue weighted by molar-refractivity contribution is 5.70. The fraction of sp³-hybridized carbons (Fsp3) is 0. The minimum Gasteiger partial charge on any atom is -0.504 e. The second kappa shape index (κ2) is 3.41. The molecule has 0 spiro atoms. The van der Waals surface area contributed by atoms with E-state index >= 15 is 0 Å². The van der Waals surface area contributed by atoms with Gasteiger partial charge in [-0.05, 0) is 12.1 Å². The molecule has 6 heteroatoms. The fourth-order valence-corrected chi connectivity index (χ4v) is 1.13. The van der Waals surface area contributed by atoms with E-state index in [9.17, 15) is 10.2 Å². The van der Waals surface area contributed by atoms with Gasteiger partial charge in [0.25, 0.3) is 0 Å². The molecular weight excluding hydrogens is 198 g/mol. The lowest BCUT2D eigenvalue weighted by Gasteiger charge is -2.05. The molecule has 0 aliphatic carbocycles. The van der Waals surface area contributed by atoms with Gasteiger partial charge >= 0.3 is 0 Å². The van der Waals surface area contributed by atoms with Crippen LogP contribution in [-0.4, -0.2) is 30.3 Å². The summed E-state index contributed by atoms with van der Waals surface area (Å²) in [6.07, 6.45) is 2.54. The largest absolute Gasteiger partial charge is 0.504 e. The third-order valence-electron chi connectivity index (χ3n) is 1.86. The highest BCUT2D eigenvalue weighted by Crippen LogP contribution is 2.40. The first kappa shape index (κ1) is 9.20. The summed E-state index contributed by atoms with van der Waals surface area (Å²) in [4.78, 5) is 11.2. The zero-order valence-electron chi connectivity index (χ0n) is 7.49. The monoisotopic (exact) mass is 205 g/mol. The van der Waals surface area contributed by atoms with Crippen LogP contribution in [0.2, 0.25) is 0 Å². The van der Waals surface area contributed by atoms with Gasteiger partial charge in [0, 0.05) is 0 Å². The number of rotatable bonds is 1. The predicted octanol–water partition coefficient (Wildman–Crippen LogP) is 0.655. The predicted molar refractivity (Wildman–Crippen MR) is 50.3 cm³/mol. The van der Waals surface area contributed by atoms with Crippen molar-refractivity contribution in [2.75, 3.05) is 0 Å². The Labute approximate surface area is 84.5 Å². The van der Waals surface area contributed by atoms with E-state index in [1.807, 2.05) is 0 Å². The van der Waals surface area contributed by atoms with Gasteiger partial charge in [-0.2, -0.15) is 0 Å². The number of phenolic OH excluding ortho intramolecular Hbond substituents is 3. The maximum absolute atomic E-state index is 9.52. The Morgan fingerprint density at radius 2 is 1.53 bits per heavy atom. The van der Waals surface area contributed by atoms with Gasteiger partial charge in [0.2, 0.25) is 5.75 Å². The van der Waals surface area contributed by atoms with E-state index in [4.69, 9.17) is 5.11 Å². The van der Waals surface area contributed by atoms with Crippen molar-refractivity contribution >= 4 is 0 Å². The van der Waals surface area contributed by atoms with Gasteiger partial charge in [-0.1, -0.05) is 0 Å². The summed E-state index contributed by atoms with van der Waals surface area (Å²) in [6, 6.07) is 2.65. The van der Waals surface area contributed by atoms with Crippen LogP contribution in [0.5, 0.6) is 17.2 Å². The van der Waals surface area contributed by atoms with Gasteiger partial charge in [0.15, 0.2) is 17.3 Å². The van der Waals surface area contributed by atoms with Crippen molar-refractivity contribution in [3.8, 4) is 28.6 Å². The molecule has 0 atom stereocenters. The molecule has 0 aliphatic rings. The molecule has 76 valence electrons. The van der Waals surface area contributed by atoms with Crippen molar-refractivity contribution in [3.63, 3.8) is 0 Å². The lowest BCUT2D eigenvalue weighted by atomic mass is 10.1. The highest BCUT2D eigenvalue weighted by Gasteiger charge is 2.13. The summed E-state index contributed by atoms with van der Waals surface area (Å²) in [5, 5.41) is 27.9. The number of phenols is 3. The van der Waals surface area contributed by atoms with Crippen molar-refractivity contribution in [2.45, 2.75) is 0 Å². The van der Waals surface area contributed by atoms with Crippen molar-refractivity contribution in [1.29, 1.82) is 0 Å². The van der Waals surface area contributed by atoms with E-state index in [1.54, 1.807) is 0 Å². The third-order valence-corrected chi connectivity index (χ3v) is 1.86. The van der Waals surface area contributed by atoms with Gasteiger partial charge in [0.05, 0.1) is 5.56 Å². The first-order valence-corrected chi connectivity index (χ1v) is 4.06. The molecule has 2 rings (SSSR count). The molecule has 0 saturated carbocycles. The molecule has 0 aliphatic heterocycles. The lowest BCUT2D eigenvalue weighted by molar-refractivity contribution is 0.369. The summed E-state index contributed by atoms with van der Waals surface area (Å²) in [6.45, 7) is 0. The Balaban J connectivity index is 2.60. The van der Waals surface area contributed by atoms with Gasteiger partial charge < -0.3 is 15.3 Å². The summed E-state index contributed by atoms with van der Waals surface area (Å²) >= 11 is 0. The average Bonchev–Trinajstić information content (AvgIpc) is 2.27. The van der Waals surface area contributed by atoms with E-state index in [0.29, 0.717) is 0 Å². The number of hydrogen-bond donors (Lipinski definition) is 3. The molecule has 0 radical (unpaired) electrons. The Hall–Kier alpha value is -2.37. The first-order valence-electron chi connectivity index (χ1n) is 4.06. The smallest absolute Gasteiger partial charge is 0.201 e. The summed E-state index contributed by atoms with van der Waals surface area (Å²) < 4.78 is 0. The SMILES string of the molecule is Oc1ccc(-c2ncncn2)c(O)c1O. The van der Waals surface area contributed by atoms with Crippen molar-refractivity contribution in [3.05, 3.63) is 24.8 Å². The molecule has 1 heterocycles. The average molecular weight is 205 g/mol. The summed E-state index contributed by atoms with van der Waals surface area (Å²) in [5.74, 6) is -1.22. The molecule has 1 aromatic carbocycles. The number of aromatic hydroxyl groups is 3. The lowest BCUT2D eigenvalue weighted by Crippen LogP contribution is -1.89. The number of benzene rings is 1. The van der Waals surface area contributed by atoms with Crippen molar-refractivity contribution in [1.82, 2.24) is 15.0 Å². The van der Waals surface area contributed by atoms with Crippen LogP contribution in [0, 0.1) is 0 Å². The Morgan fingerprint density at radius 1 is 0.867 bits per heavy atom. The van der Waals surface area contributed by atoms with Crippen LogP contribution in [-0.2, 0) is 0 Å². The van der Waals surface area contributed by atoms with Crippen LogP contribution < -0.4 is 0 Å². The summed E-state index contributed by atoms with van der Waals surface area (Å²) in [5.41, 5.74) is 0.229. The van der Waals surface area contributed by atoms with Crippen LogP contribution >= 0.6 is 0 Å². The number of aromatic nitrogens is 3. The molecule has 1 aromatic heterocycles. The molecule has 0 amide bonds. The molecule has 2 aromatic rings. The fourth-order valence-electron chi connectivity index (χ4n) is 1.13. The molecule has 3 N–H and O–H groups in total. The third kappa shape index (κ3) is 1.52. The molecule has 0 bridgehead atoms. The van der Waals surface area contributed by atoms with E-state index < -0.39 is 17.2 Å². The maximum atomic E-state index is 9.52. The first-order chi connectivity index (χ1) is 7.20. The second-order valence-corrected chi connectivity index (χ2v) is 2.79. The Bertz CT molecular complexity index is 487. The zero-order chi connectivity index (χ0) is 10.8. The van der Waals surface area contributed by atoms with Gasteiger partial charge in [0.1, 0.15) is 12.7 Å². The maximum Gasteiger partial charge on any atom is 0.201 e. The van der Waals surface area contributed by atoms with Gasteiger partial charge in [-0.15, -0.1) is 0 Å². The van der Waals surface area contributed by atoms with Crippen molar-refractivity contribution < 1.29 is 15.3 Å². The Morgan fingerprint density at radius 3 is 2.20 bits per heavy atom. The minimum absolute atomic E-state index is 0.220. The zero-order valence-corrected chi connectivity index (χ0v) is 7.49. The molecule has 0 saturated heterocycles. The molecule has 15 heavy (non-hydrogen) atoms. The number of hydrogen-bond acceptors (Lipinski definition) is 6. The van der Waals surface area contributed by atoms with Crippen LogP contribution in [0.4, 0.5) is 0 Å². The van der Waals surface area contributed by atoms with Crippen LogP contribution in [0.3, 0.4) is 0 Å². The standard InChI is InChI=1S/C9H7N3O3/c13-6-2-1-5(7(14)8(6)15)9-11-3-10-4-12-9/h1-4,13-15H. The Kier molecular flexibility index (Phi) is 2.09. The second-order valence-electron chi connectivity index (χ2n) is 2.79. The number of nitrogens with zero attached hydrogens (tertiary/aromatic N) is 3. The molecular formula is C9H7N3O3. The van der Waals surface area contributed by atoms with E-state index in [0.717, 1.165) is 0 Å². The van der Waals surface area contributed by atoms with Crippen molar-refractivity contribution in [2.24, 2.45) is 0 Å². The van der Waals surface area contributed by atoms with Gasteiger partial charge in [-0.25, -0.2) is 15.0 Å². The van der Waals surface area contributed by atoms with Crippen LogP contribution in [0.25, 0.3) is 11.4 Å².